The van der Waals surface area contributed by atoms with E-state index in [0.29, 0.717) is 5.69 Å². The number of ketones is 1. The first-order valence-corrected chi connectivity index (χ1v) is 7.68. The number of carbonyl (C=O) groups is 1. The predicted molar refractivity (Wildman–Crippen MR) is 86.9 cm³/mol. The van der Waals surface area contributed by atoms with E-state index >= 15 is 0 Å². The minimum atomic E-state index is -0.436. The van der Waals surface area contributed by atoms with Crippen LogP contribution in [0.15, 0.2) is 36.0 Å². The summed E-state index contributed by atoms with van der Waals surface area (Å²) in [6, 6.07) is 7.08. The molecule has 0 amide bonds. The molecule has 2 aromatic heterocycles. The smallest absolute Gasteiger partial charge is 0.203 e. The maximum absolute atomic E-state index is 13.0. The molecule has 0 aliphatic heterocycles. The number of allylic oxidation sites excluding steroid dienone is 1. The Morgan fingerprint density at radius 3 is 2.70 bits per heavy atom. The molecule has 1 aromatic carbocycles. The molecule has 0 atom stereocenters. The Kier molecular flexibility index (Phi) is 3.80. The summed E-state index contributed by atoms with van der Waals surface area (Å²) in [6.07, 6.45) is 3.45. The van der Waals surface area contributed by atoms with Crippen LogP contribution in [0.5, 0.6) is 0 Å². The van der Waals surface area contributed by atoms with E-state index in [-0.39, 0.29) is 11.1 Å². The fourth-order valence-electron chi connectivity index (χ4n) is 2.30. The first-order valence-electron chi connectivity index (χ1n) is 6.86. The van der Waals surface area contributed by atoms with E-state index < -0.39 is 11.6 Å². The number of rotatable bonds is 3. The number of benzene rings is 1. The van der Waals surface area contributed by atoms with Gasteiger partial charge in [-0.3, -0.25) is 9.20 Å². The Bertz CT molecular complexity index is 974. The highest BCUT2D eigenvalue weighted by Crippen LogP contribution is 2.23. The highest BCUT2D eigenvalue weighted by atomic mass is 32.1. The summed E-state index contributed by atoms with van der Waals surface area (Å²) < 4.78 is 14.8. The van der Waals surface area contributed by atoms with Gasteiger partial charge in [0.25, 0.3) is 0 Å². The lowest BCUT2D eigenvalue weighted by atomic mass is 10.0. The molecular formula is C17H12FN3OS. The van der Waals surface area contributed by atoms with Gasteiger partial charge < -0.3 is 0 Å². The zero-order valence-electron chi connectivity index (χ0n) is 12.5. The van der Waals surface area contributed by atoms with Crippen LogP contribution in [0.4, 0.5) is 4.39 Å². The lowest BCUT2D eigenvalue weighted by Crippen LogP contribution is -2.02. The van der Waals surface area contributed by atoms with Crippen LogP contribution in [0, 0.1) is 31.0 Å². The molecule has 0 unspecified atom stereocenters. The molecule has 0 saturated carbocycles. The number of imidazole rings is 1. The number of nitriles is 1. The van der Waals surface area contributed by atoms with Gasteiger partial charge in [0, 0.05) is 16.6 Å². The highest BCUT2D eigenvalue weighted by molar-refractivity contribution is 7.17. The van der Waals surface area contributed by atoms with Gasteiger partial charge >= 0.3 is 0 Å². The number of aryl methyl sites for hydroxylation is 2. The Labute approximate surface area is 136 Å². The maximum Gasteiger partial charge on any atom is 0.203 e. The number of aromatic nitrogens is 2. The Balaban J connectivity index is 2.07. The lowest BCUT2D eigenvalue weighted by molar-refractivity contribution is 0.104. The van der Waals surface area contributed by atoms with Gasteiger partial charge in [-0.05, 0) is 44.2 Å². The molecule has 0 radical (unpaired) electrons. The van der Waals surface area contributed by atoms with Crippen LogP contribution in [0.25, 0.3) is 11.0 Å². The van der Waals surface area contributed by atoms with Crippen LogP contribution >= 0.6 is 11.3 Å². The molecule has 0 N–H and O–H groups in total. The quantitative estimate of drug-likeness (QED) is 0.416. The molecule has 0 fully saturated rings. The SMILES string of the molecule is Cc1cn2c(C=C(C#N)C(=O)c3ccc(F)cc3)c(C)nc2s1. The van der Waals surface area contributed by atoms with Crippen LogP contribution in [0.1, 0.15) is 26.6 Å². The maximum atomic E-state index is 13.0. The van der Waals surface area contributed by atoms with Crippen molar-refractivity contribution in [3.05, 3.63) is 63.7 Å². The summed E-state index contributed by atoms with van der Waals surface area (Å²) in [7, 11) is 0. The van der Waals surface area contributed by atoms with Crippen LogP contribution < -0.4 is 0 Å². The van der Waals surface area contributed by atoms with Crippen molar-refractivity contribution in [3.63, 3.8) is 0 Å². The molecule has 114 valence electrons. The summed E-state index contributed by atoms with van der Waals surface area (Å²) in [4.78, 5) is 18.8. The first-order chi connectivity index (χ1) is 11.0. The second kappa shape index (κ2) is 5.78. The monoisotopic (exact) mass is 325 g/mol. The van der Waals surface area contributed by atoms with Gasteiger partial charge in [-0.25, -0.2) is 9.37 Å². The second-order valence-electron chi connectivity index (χ2n) is 5.08. The molecule has 6 heteroatoms. The van der Waals surface area contributed by atoms with Gasteiger partial charge in [-0.15, -0.1) is 11.3 Å². The normalized spacial score (nSPS) is 11.7. The van der Waals surface area contributed by atoms with E-state index in [1.165, 1.54) is 30.3 Å². The van der Waals surface area contributed by atoms with Gasteiger partial charge in [0.15, 0.2) is 4.96 Å². The average Bonchev–Trinajstić information content (AvgIpc) is 3.00. The van der Waals surface area contributed by atoms with Crippen molar-refractivity contribution in [2.75, 3.05) is 0 Å². The van der Waals surface area contributed by atoms with Gasteiger partial charge in [0.2, 0.25) is 5.78 Å². The standard InChI is InChI=1S/C17H12FN3OS/c1-10-9-21-15(11(2)20-17(21)23-10)7-13(8-19)16(22)12-3-5-14(18)6-4-12/h3-7,9H,1-2H3. The summed E-state index contributed by atoms with van der Waals surface area (Å²) >= 11 is 1.54. The third-order valence-corrected chi connectivity index (χ3v) is 4.31. The Morgan fingerprint density at radius 2 is 2.04 bits per heavy atom. The fraction of sp³-hybridized carbons (Fsp3) is 0.118. The molecule has 3 rings (SSSR count). The number of hydrogen-bond acceptors (Lipinski definition) is 4. The van der Waals surface area contributed by atoms with Crippen molar-refractivity contribution >= 4 is 28.2 Å². The van der Waals surface area contributed by atoms with Gasteiger partial charge in [0.1, 0.15) is 17.5 Å². The van der Waals surface area contributed by atoms with E-state index in [1.807, 2.05) is 30.5 Å². The predicted octanol–water partition coefficient (Wildman–Crippen LogP) is 3.94. The molecule has 0 aliphatic rings. The second-order valence-corrected chi connectivity index (χ2v) is 6.30. The largest absolute Gasteiger partial charge is 0.290 e. The summed E-state index contributed by atoms with van der Waals surface area (Å²) in [5.41, 5.74) is 1.72. The molecule has 2 heterocycles. The number of nitrogens with zero attached hydrogens (tertiary/aromatic N) is 3. The minimum absolute atomic E-state index is 0.00892. The van der Waals surface area contributed by atoms with Crippen molar-refractivity contribution in [1.82, 2.24) is 9.38 Å². The number of thiazole rings is 1. The van der Waals surface area contributed by atoms with Crippen LogP contribution in [-0.4, -0.2) is 15.2 Å². The average molecular weight is 325 g/mol. The van der Waals surface area contributed by atoms with Gasteiger partial charge in [-0.2, -0.15) is 5.26 Å². The van der Waals surface area contributed by atoms with Gasteiger partial charge in [0.05, 0.1) is 11.4 Å². The minimum Gasteiger partial charge on any atom is -0.290 e. The van der Waals surface area contributed by atoms with Crippen molar-refractivity contribution in [2.45, 2.75) is 13.8 Å². The fourth-order valence-corrected chi connectivity index (χ4v) is 3.18. The van der Waals surface area contributed by atoms with Crippen LogP contribution in [0.3, 0.4) is 0 Å². The molecule has 4 nitrogen and oxygen atoms in total. The van der Waals surface area contributed by atoms with Crippen molar-refractivity contribution in [2.24, 2.45) is 0 Å². The number of fused-ring (bicyclic) bond motifs is 1. The number of halogens is 1. The summed E-state index contributed by atoms with van der Waals surface area (Å²) in [6.45, 7) is 3.80. The first kappa shape index (κ1) is 15.1. The van der Waals surface area contributed by atoms with E-state index in [9.17, 15) is 14.4 Å². The number of Topliss-reactive ketones (excluding diaryl/α,β-unsaturated/α-hetero) is 1. The van der Waals surface area contributed by atoms with E-state index in [4.69, 9.17) is 0 Å². The summed E-state index contributed by atoms with van der Waals surface area (Å²) in [5.74, 6) is -0.861. The number of hydrogen-bond donors (Lipinski definition) is 0. The summed E-state index contributed by atoms with van der Waals surface area (Å²) in [5, 5.41) is 9.34. The molecule has 23 heavy (non-hydrogen) atoms. The Morgan fingerprint density at radius 1 is 1.35 bits per heavy atom. The van der Waals surface area contributed by atoms with Crippen molar-refractivity contribution < 1.29 is 9.18 Å². The molecule has 0 bridgehead atoms. The zero-order chi connectivity index (χ0) is 16.6. The Hall–Kier alpha value is -2.78. The van der Waals surface area contributed by atoms with E-state index in [1.54, 1.807) is 11.3 Å². The third-order valence-electron chi connectivity index (χ3n) is 3.42. The number of carbonyl (C=O) groups excluding carboxylic acids is 1. The molecule has 0 spiro atoms. The van der Waals surface area contributed by atoms with Crippen LogP contribution in [0.2, 0.25) is 0 Å². The molecule has 3 aromatic rings. The van der Waals surface area contributed by atoms with E-state index in [2.05, 4.69) is 4.98 Å². The van der Waals surface area contributed by atoms with Crippen molar-refractivity contribution in [1.29, 1.82) is 5.26 Å². The lowest BCUT2D eigenvalue weighted by Gasteiger charge is -2.00. The molecule has 0 saturated heterocycles. The molecule has 0 aliphatic carbocycles. The van der Waals surface area contributed by atoms with Gasteiger partial charge in [-0.1, -0.05) is 0 Å². The highest BCUT2D eigenvalue weighted by Gasteiger charge is 2.15. The zero-order valence-corrected chi connectivity index (χ0v) is 13.3. The third kappa shape index (κ3) is 2.79. The van der Waals surface area contributed by atoms with E-state index in [0.717, 1.165) is 15.5 Å². The van der Waals surface area contributed by atoms with Crippen LogP contribution in [-0.2, 0) is 0 Å². The van der Waals surface area contributed by atoms with Crippen molar-refractivity contribution in [3.8, 4) is 6.07 Å². The molecular weight excluding hydrogens is 313 g/mol. The topological polar surface area (TPSA) is 58.2 Å².